The Labute approximate surface area is 56.7 Å². The van der Waals surface area contributed by atoms with Crippen LogP contribution >= 0.6 is 0 Å². The maximum Gasteiger partial charge on any atom is 0.195 e. The quantitative estimate of drug-likeness (QED) is 0.541. The van der Waals surface area contributed by atoms with Crippen LogP contribution in [-0.4, -0.2) is 4.98 Å². The first-order valence-electron chi connectivity index (χ1n) is 2.81. The second kappa shape index (κ2) is 2.62. The molecule has 0 saturated heterocycles. The van der Waals surface area contributed by atoms with Gasteiger partial charge in [-0.1, -0.05) is 0 Å². The van der Waals surface area contributed by atoms with Gasteiger partial charge in [-0.2, -0.15) is 4.39 Å². The molecule has 10 heavy (non-hydrogen) atoms. The van der Waals surface area contributed by atoms with Gasteiger partial charge in [0.25, 0.3) is 0 Å². The highest BCUT2D eigenvalue weighted by atomic mass is 19.1. The zero-order valence-electron chi connectivity index (χ0n) is 5.23. The Balaban J connectivity index is 3.19. The van der Waals surface area contributed by atoms with E-state index in [1.54, 1.807) is 0 Å². The molecule has 1 aromatic rings. The van der Waals surface area contributed by atoms with E-state index in [0.717, 1.165) is 6.07 Å². The molecule has 1 aromatic heterocycles. The number of rotatable bonds is 1. The minimum atomic E-state index is -0.645. The number of nitrogens with one attached hydrogen (secondary N) is 1. The number of nitrogens with two attached hydrogens (primary N) is 1. The van der Waals surface area contributed by atoms with Gasteiger partial charge in [-0.3, -0.25) is 4.79 Å². The largest absolute Gasteiger partial charge is 0.334 e. The van der Waals surface area contributed by atoms with Crippen molar-refractivity contribution in [3.05, 3.63) is 34.0 Å². The van der Waals surface area contributed by atoms with E-state index in [2.05, 4.69) is 4.98 Å². The van der Waals surface area contributed by atoms with Gasteiger partial charge in [0.15, 0.2) is 11.4 Å². The molecule has 0 saturated carbocycles. The molecule has 0 aromatic carbocycles. The second-order valence-electron chi connectivity index (χ2n) is 1.89. The second-order valence-corrected chi connectivity index (χ2v) is 1.89. The van der Waals surface area contributed by atoms with E-state index >= 15 is 0 Å². The standard InChI is InChI=1S/C6H7FN2O/c7-6-2-5(10)1-4(3-8)9-6/h1-2H,3,8H2,(H,9,10). The number of H-pyrrole nitrogens is 1. The number of hydrogen-bond donors (Lipinski definition) is 2. The minimum absolute atomic E-state index is 0.146. The van der Waals surface area contributed by atoms with Gasteiger partial charge in [0, 0.05) is 24.4 Å². The van der Waals surface area contributed by atoms with E-state index in [-0.39, 0.29) is 12.0 Å². The Morgan fingerprint density at radius 1 is 1.60 bits per heavy atom. The first kappa shape index (κ1) is 6.95. The summed E-state index contributed by atoms with van der Waals surface area (Å²) in [6.07, 6.45) is 0. The smallest absolute Gasteiger partial charge is 0.195 e. The third-order valence-corrected chi connectivity index (χ3v) is 1.09. The molecular formula is C6H7FN2O. The van der Waals surface area contributed by atoms with E-state index in [1.807, 2.05) is 0 Å². The Morgan fingerprint density at radius 2 is 2.30 bits per heavy atom. The molecule has 0 unspecified atom stereocenters. The molecule has 0 bridgehead atoms. The fourth-order valence-corrected chi connectivity index (χ4v) is 0.674. The van der Waals surface area contributed by atoms with E-state index in [0.29, 0.717) is 5.69 Å². The summed E-state index contributed by atoms with van der Waals surface area (Å²) < 4.78 is 12.3. The Morgan fingerprint density at radius 3 is 2.80 bits per heavy atom. The predicted molar refractivity (Wildman–Crippen MR) is 34.9 cm³/mol. The van der Waals surface area contributed by atoms with Crippen molar-refractivity contribution in [2.45, 2.75) is 6.54 Å². The molecule has 54 valence electrons. The fourth-order valence-electron chi connectivity index (χ4n) is 0.674. The van der Waals surface area contributed by atoms with Crippen molar-refractivity contribution in [3.8, 4) is 0 Å². The van der Waals surface area contributed by atoms with Crippen LogP contribution in [0.1, 0.15) is 5.69 Å². The molecule has 0 aliphatic heterocycles. The van der Waals surface area contributed by atoms with Gasteiger partial charge in [-0.25, -0.2) is 0 Å². The molecule has 3 nitrogen and oxygen atoms in total. The Bertz CT molecular complexity index is 281. The molecule has 1 rings (SSSR count). The zero-order chi connectivity index (χ0) is 7.56. The van der Waals surface area contributed by atoms with E-state index < -0.39 is 5.95 Å². The monoisotopic (exact) mass is 142 g/mol. The predicted octanol–water partition coefficient (Wildman–Crippen LogP) is -0.0273. The fraction of sp³-hybridized carbons (Fsp3) is 0.167. The summed E-state index contributed by atoms with van der Waals surface area (Å²) in [5.41, 5.74) is 5.19. The van der Waals surface area contributed by atoms with Gasteiger partial charge < -0.3 is 10.7 Å². The third kappa shape index (κ3) is 1.41. The molecule has 0 amide bonds. The average Bonchev–Trinajstić information content (AvgIpc) is 1.85. The van der Waals surface area contributed by atoms with Crippen molar-refractivity contribution in [1.82, 2.24) is 4.98 Å². The highest BCUT2D eigenvalue weighted by Gasteiger charge is 1.94. The summed E-state index contributed by atoms with van der Waals surface area (Å²) in [4.78, 5) is 12.9. The highest BCUT2D eigenvalue weighted by molar-refractivity contribution is 5.04. The van der Waals surface area contributed by atoms with Gasteiger partial charge in [0.1, 0.15) is 0 Å². The van der Waals surface area contributed by atoms with Crippen LogP contribution in [0, 0.1) is 5.95 Å². The normalized spacial score (nSPS) is 9.80. The van der Waals surface area contributed by atoms with Crippen LogP contribution in [0.2, 0.25) is 0 Å². The van der Waals surface area contributed by atoms with Crippen LogP contribution in [0.25, 0.3) is 0 Å². The van der Waals surface area contributed by atoms with Crippen LogP contribution in [0.3, 0.4) is 0 Å². The van der Waals surface area contributed by atoms with Crippen molar-refractivity contribution >= 4 is 0 Å². The summed E-state index contributed by atoms with van der Waals surface area (Å²) in [5, 5.41) is 0. The number of pyridine rings is 1. The number of hydrogen-bond acceptors (Lipinski definition) is 2. The summed E-state index contributed by atoms with van der Waals surface area (Å²) in [7, 11) is 0. The molecular weight excluding hydrogens is 135 g/mol. The van der Waals surface area contributed by atoms with Gasteiger partial charge in [-0.15, -0.1) is 0 Å². The maximum atomic E-state index is 12.3. The molecule has 0 radical (unpaired) electrons. The van der Waals surface area contributed by atoms with Crippen LogP contribution in [0.5, 0.6) is 0 Å². The van der Waals surface area contributed by atoms with Crippen molar-refractivity contribution in [2.75, 3.05) is 0 Å². The molecule has 3 N–H and O–H groups in total. The molecule has 0 fully saturated rings. The van der Waals surface area contributed by atoms with Gasteiger partial charge >= 0.3 is 0 Å². The minimum Gasteiger partial charge on any atom is -0.334 e. The van der Waals surface area contributed by atoms with Gasteiger partial charge in [-0.05, 0) is 0 Å². The number of halogens is 1. The molecule has 4 heteroatoms. The van der Waals surface area contributed by atoms with Crippen molar-refractivity contribution in [1.29, 1.82) is 0 Å². The van der Waals surface area contributed by atoms with Crippen molar-refractivity contribution < 1.29 is 4.39 Å². The molecule has 1 heterocycles. The molecule has 0 aliphatic rings. The summed E-state index contributed by atoms with van der Waals surface area (Å²) in [6, 6.07) is 2.14. The Kier molecular flexibility index (Phi) is 1.82. The lowest BCUT2D eigenvalue weighted by Gasteiger charge is -1.94. The van der Waals surface area contributed by atoms with Crippen molar-refractivity contribution in [3.63, 3.8) is 0 Å². The lowest BCUT2D eigenvalue weighted by molar-refractivity contribution is 0.575. The maximum absolute atomic E-state index is 12.3. The topological polar surface area (TPSA) is 58.9 Å². The lowest BCUT2D eigenvalue weighted by Crippen LogP contribution is -2.08. The van der Waals surface area contributed by atoms with Crippen LogP contribution in [-0.2, 0) is 6.54 Å². The van der Waals surface area contributed by atoms with Gasteiger partial charge in [0.2, 0.25) is 0 Å². The van der Waals surface area contributed by atoms with Crippen LogP contribution < -0.4 is 11.2 Å². The average molecular weight is 142 g/mol. The Hall–Kier alpha value is -1.16. The third-order valence-electron chi connectivity index (χ3n) is 1.09. The lowest BCUT2D eigenvalue weighted by atomic mass is 10.3. The van der Waals surface area contributed by atoms with Crippen LogP contribution in [0.15, 0.2) is 16.9 Å². The molecule has 0 spiro atoms. The van der Waals surface area contributed by atoms with E-state index in [1.165, 1.54) is 6.07 Å². The number of aromatic amines is 1. The van der Waals surface area contributed by atoms with Crippen LogP contribution in [0.4, 0.5) is 4.39 Å². The summed E-state index contributed by atoms with van der Waals surface area (Å²) in [6.45, 7) is 0.146. The highest BCUT2D eigenvalue weighted by Crippen LogP contribution is 1.90. The number of aromatic nitrogens is 1. The SMILES string of the molecule is NCc1cc(=O)cc(F)[nH]1. The molecule has 0 aliphatic carbocycles. The summed E-state index contributed by atoms with van der Waals surface area (Å²) >= 11 is 0. The first-order chi connectivity index (χ1) is 4.72. The summed E-state index contributed by atoms with van der Waals surface area (Å²) in [5.74, 6) is -0.645. The van der Waals surface area contributed by atoms with E-state index in [4.69, 9.17) is 5.73 Å². The zero-order valence-corrected chi connectivity index (χ0v) is 5.23. The van der Waals surface area contributed by atoms with Crippen molar-refractivity contribution in [2.24, 2.45) is 5.73 Å². The first-order valence-corrected chi connectivity index (χ1v) is 2.81. The van der Waals surface area contributed by atoms with Gasteiger partial charge in [0.05, 0.1) is 0 Å². The van der Waals surface area contributed by atoms with E-state index in [9.17, 15) is 9.18 Å². The molecule has 0 atom stereocenters.